The fraction of sp³-hybridized carbons (Fsp3) is 0.812. The highest BCUT2D eigenvalue weighted by Gasteiger charge is 2.38. The first-order valence-electron chi connectivity index (χ1n) is 7.96. The minimum atomic E-state index is -0.227. The van der Waals surface area contributed by atoms with E-state index in [-0.39, 0.29) is 5.60 Å². The SMILES string of the molecule is CCOC1(c2nc(CC(C)C)c(CNC)s2)CCOCC1. The van der Waals surface area contributed by atoms with Gasteiger partial charge in [0.1, 0.15) is 10.6 Å². The molecule has 5 heteroatoms. The van der Waals surface area contributed by atoms with E-state index in [1.165, 1.54) is 10.6 Å². The molecule has 2 rings (SSSR count). The molecule has 1 aliphatic heterocycles. The molecule has 1 N–H and O–H groups in total. The van der Waals surface area contributed by atoms with Crippen LogP contribution in [0.1, 0.15) is 49.2 Å². The van der Waals surface area contributed by atoms with Crippen molar-refractivity contribution in [2.24, 2.45) is 5.92 Å². The zero-order valence-electron chi connectivity index (χ0n) is 13.7. The predicted molar refractivity (Wildman–Crippen MR) is 86.8 cm³/mol. The van der Waals surface area contributed by atoms with Crippen LogP contribution in [0.4, 0.5) is 0 Å². The van der Waals surface area contributed by atoms with Crippen molar-refractivity contribution >= 4 is 11.3 Å². The van der Waals surface area contributed by atoms with Crippen LogP contribution in [0.15, 0.2) is 0 Å². The third-order valence-corrected chi connectivity index (χ3v) is 5.11. The van der Waals surface area contributed by atoms with E-state index < -0.39 is 0 Å². The Morgan fingerprint density at radius 1 is 1.38 bits per heavy atom. The predicted octanol–water partition coefficient (Wildman–Crippen LogP) is 3.10. The van der Waals surface area contributed by atoms with Gasteiger partial charge < -0.3 is 14.8 Å². The summed E-state index contributed by atoms with van der Waals surface area (Å²) in [6.07, 6.45) is 2.86. The van der Waals surface area contributed by atoms with Gasteiger partial charge in [-0.1, -0.05) is 13.8 Å². The number of nitrogens with one attached hydrogen (secondary N) is 1. The van der Waals surface area contributed by atoms with Gasteiger partial charge in [-0.2, -0.15) is 0 Å². The van der Waals surface area contributed by atoms with Crippen molar-refractivity contribution in [3.05, 3.63) is 15.6 Å². The van der Waals surface area contributed by atoms with Gasteiger partial charge in [0.25, 0.3) is 0 Å². The van der Waals surface area contributed by atoms with Crippen LogP contribution in [0.5, 0.6) is 0 Å². The summed E-state index contributed by atoms with van der Waals surface area (Å²) < 4.78 is 11.7. The van der Waals surface area contributed by atoms with E-state index >= 15 is 0 Å². The first-order chi connectivity index (χ1) is 10.1. The van der Waals surface area contributed by atoms with Crippen LogP contribution >= 0.6 is 11.3 Å². The molecule has 21 heavy (non-hydrogen) atoms. The second kappa shape index (κ2) is 7.68. The van der Waals surface area contributed by atoms with Crippen LogP contribution in [0, 0.1) is 5.92 Å². The fourth-order valence-corrected chi connectivity index (χ4v) is 4.12. The molecule has 1 aromatic heterocycles. The molecule has 0 unspecified atom stereocenters. The molecule has 0 aliphatic carbocycles. The van der Waals surface area contributed by atoms with Gasteiger partial charge >= 0.3 is 0 Å². The molecule has 4 nitrogen and oxygen atoms in total. The summed E-state index contributed by atoms with van der Waals surface area (Å²) in [6, 6.07) is 0. The molecule has 2 heterocycles. The minimum absolute atomic E-state index is 0.227. The summed E-state index contributed by atoms with van der Waals surface area (Å²) in [5.41, 5.74) is 1.01. The highest BCUT2D eigenvalue weighted by molar-refractivity contribution is 7.11. The second-order valence-electron chi connectivity index (χ2n) is 6.06. The average molecular weight is 312 g/mol. The molecule has 0 spiro atoms. The van der Waals surface area contributed by atoms with Gasteiger partial charge in [0.05, 0.1) is 5.69 Å². The lowest BCUT2D eigenvalue weighted by Crippen LogP contribution is -2.36. The van der Waals surface area contributed by atoms with E-state index in [4.69, 9.17) is 14.5 Å². The highest BCUT2D eigenvalue weighted by Crippen LogP contribution is 2.39. The molecule has 0 radical (unpaired) electrons. The van der Waals surface area contributed by atoms with Crippen LogP contribution in [0.3, 0.4) is 0 Å². The smallest absolute Gasteiger partial charge is 0.125 e. The normalized spacial score (nSPS) is 18.3. The van der Waals surface area contributed by atoms with Gasteiger partial charge in [-0.25, -0.2) is 4.98 Å². The molecular weight excluding hydrogens is 284 g/mol. The lowest BCUT2D eigenvalue weighted by molar-refractivity contribution is -0.112. The topological polar surface area (TPSA) is 43.4 Å². The Morgan fingerprint density at radius 3 is 2.67 bits per heavy atom. The molecule has 120 valence electrons. The number of nitrogens with zero attached hydrogens (tertiary/aromatic N) is 1. The fourth-order valence-electron chi connectivity index (χ4n) is 2.82. The number of hydrogen-bond acceptors (Lipinski definition) is 5. The van der Waals surface area contributed by atoms with Crippen LogP contribution in [0.25, 0.3) is 0 Å². The van der Waals surface area contributed by atoms with Crippen molar-refractivity contribution in [1.82, 2.24) is 10.3 Å². The van der Waals surface area contributed by atoms with Crippen LogP contribution in [-0.4, -0.2) is 31.9 Å². The summed E-state index contributed by atoms with van der Waals surface area (Å²) in [5.74, 6) is 0.619. The van der Waals surface area contributed by atoms with Crippen molar-refractivity contribution in [2.45, 2.75) is 52.2 Å². The van der Waals surface area contributed by atoms with E-state index in [1.807, 2.05) is 18.4 Å². The molecule has 0 bridgehead atoms. The average Bonchev–Trinajstić information content (AvgIpc) is 2.84. The van der Waals surface area contributed by atoms with E-state index in [1.54, 1.807) is 0 Å². The lowest BCUT2D eigenvalue weighted by atomic mass is 9.94. The van der Waals surface area contributed by atoms with Crippen LogP contribution in [0.2, 0.25) is 0 Å². The van der Waals surface area contributed by atoms with Gasteiger partial charge in [-0.3, -0.25) is 0 Å². The second-order valence-corrected chi connectivity index (χ2v) is 7.14. The monoisotopic (exact) mass is 312 g/mol. The largest absolute Gasteiger partial charge is 0.381 e. The summed E-state index contributed by atoms with van der Waals surface area (Å²) in [7, 11) is 1.99. The summed E-state index contributed by atoms with van der Waals surface area (Å²) in [5, 5.41) is 4.41. The molecule has 1 fully saturated rings. The maximum absolute atomic E-state index is 6.16. The van der Waals surface area contributed by atoms with Gasteiger partial charge in [0.2, 0.25) is 0 Å². The van der Waals surface area contributed by atoms with Crippen molar-refractivity contribution in [3.63, 3.8) is 0 Å². The summed E-state index contributed by atoms with van der Waals surface area (Å²) in [4.78, 5) is 6.33. The van der Waals surface area contributed by atoms with Gasteiger partial charge in [-0.05, 0) is 26.3 Å². The molecule has 0 saturated carbocycles. The highest BCUT2D eigenvalue weighted by atomic mass is 32.1. The molecule has 1 saturated heterocycles. The molecular formula is C16H28N2O2S. The number of aromatic nitrogens is 1. The van der Waals surface area contributed by atoms with Crippen molar-refractivity contribution in [1.29, 1.82) is 0 Å². The Bertz CT molecular complexity index is 434. The number of thiazole rings is 1. The van der Waals surface area contributed by atoms with Crippen molar-refractivity contribution in [3.8, 4) is 0 Å². The zero-order valence-corrected chi connectivity index (χ0v) is 14.5. The van der Waals surface area contributed by atoms with Crippen LogP contribution < -0.4 is 5.32 Å². The first-order valence-corrected chi connectivity index (χ1v) is 8.78. The Hall–Kier alpha value is -0.490. The third kappa shape index (κ3) is 4.03. The quantitative estimate of drug-likeness (QED) is 0.840. The first kappa shape index (κ1) is 16.9. The Morgan fingerprint density at radius 2 is 2.10 bits per heavy atom. The Labute approximate surface area is 132 Å². The lowest BCUT2D eigenvalue weighted by Gasteiger charge is -2.35. The summed E-state index contributed by atoms with van der Waals surface area (Å²) in [6.45, 7) is 9.69. The number of rotatable bonds is 7. The van der Waals surface area contributed by atoms with E-state index in [2.05, 4.69) is 26.1 Å². The molecule has 0 atom stereocenters. The Kier molecular flexibility index (Phi) is 6.17. The van der Waals surface area contributed by atoms with E-state index in [9.17, 15) is 0 Å². The summed E-state index contributed by atoms with van der Waals surface area (Å²) >= 11 is 1.82. The molecule has 1 aromatic rings. The standard InChI is InChI=1S/C16H28N2O2S/c1-5-20-16(6-8-19-9-7-16)15-18-13(10-12(2)3)14(21-15)11-17-4/h12,17H,5-11H2,1-4H3. The van der Waals surface area contributed by atoms with Crippen LogP contribution in [-0.2, 0) is 28.0 Å². The van der Waals surface area contributed by atoms with Gasteiger partial charge in [-0.15, -0.1) is 11.3 Å². The number of hydrogen-bond donors (Lipinski definition) is 1. The maximum atomic E-state index is 6.16. The van der Waals surface area contributed by atoms with Gasteiger partial charge in [0, 0.05) is 44.1 Å². The van der Waals surface area contributed by atoms with Crippen molar-refractivity contribution < 1.29 is 9.47 Å². The van der Waals surface area contributed by atoms with E-state index in [0.717, 1.165) is 50.6 Å². The third-order valence-electron chi connectivity index (χ3n) is 3.83. The maximum Gasteiger partial charge on any atom is 0.125 e. The molecule has 0 amide bonds. The molecule has 0 aromatic carbocycles. The van der Waals surface area contributed by atoms with E-state index in [0.29, 0.717) is 5.92 Å². The Balaban J connectivity index is 2.31. The minimum Gasteiger partial charge on any atom is -0.381 e. The zero-order chi connectivity index (χ0) is 15.3. The number of ether oxygens (including phenoxy) is 2. The van der Waals surface area contributed by atoms with Crippen molar-refractivity contribution in [2.75, 3.05) is 26.9 Å². The molecule has 1 aliphatic rings. The van der Waals surface area contributed by atoms with Gasteiger partial charge in [0.15, 0.2) is 0 Å².